The van der Waals surface area contributed by atoms with Gasteiger partial charge >= 0.3 is 6.09 Å². The van der Waals surface area contributed by atoms with Gasteiger partial charge in [0.25, 0.3) is 0 Å². The molecule has 0 saturated heterocycles. The van der Waals surface area contributed by atoms with Crippen LogP contribution >= 0.6 is 0 Å². The summed E-state index contributed by atoms with van der Waals surface area (Å²) in [5.74, 6) is -0.114. The van der Waals surface area contributed by atoms with E-state index in [-0.39, 0.29) is 5.78 Å². The monoisotopic (exact) mass is 404 g/mol. The lowest BCUT2D eigenvalue weighted by atomic mass is 9.97. The molecule has 1 amide bonds. The van der Waals surface area contributed by atoms with Crippen molar-refractivity contribution in [3.05, 3.63) is 78.0 Å². The number of carbonyl (C=O) groups is 2. The van der Waals surface area contributed by atoms with Crippen molar-refractivity contribution in [1.82, 2.24) is 9.88 Å². The topological polar surface area (TPSA) is 109 Å². The summed E-state index contributed by atoms with van der Waals surface area (Å²) < 4.78 is 0. The maximum Gasteiger partial charge on any atom is 0.407 e. The van der Waals surface area contributed by atoms with Crippen molar-refractivity contribution in [3.63, 3.8) is 0 Å². The van der Waals surface area contributed by atoms with E-state index >= 15 is 0 Å². The molecule has 0 atom stereocenters. The summed E-state index contributed by atoms with van der Waals surface area (Å²) >= 11 is 0. The van der Waals surface area contributed by atoms with E-state index in [4.69, 9.17) is 10.8 Å². The highest BCUT2D eigenvalue weighted by molar-refractivity contribution is 6.13. The smallest absolute Gasteiger partial charge is 0.407 e. The van der Waals surface area contributed by atoms with Gasteiger partial charge in [0.05, 0.1) is 11.4 Å². The third-order valence-corrected chi connectivity index (χ3v) is 4.72. The Bertz CT molecular complexity index is 1040. The number of nitrogen functional groups attached to an aromatic ring is 1. The number of nitrogens with one attached hydrogen (secondary N) is 1. The van der Waals surface area contributed by atoms with Crippen LogP contribution in [0, 0.1) is 0 Å². The van der Waals surface area contributed by atoms with E-state index in [0.717, 1.165) is 5.56 Å². The molecule has 0 aliphatic heterocycles. The zero-order chi connectivity index (χ0) is 21.5. The number of nitrogens with two attached hydrogens (primary N) is 1. The molecule has 7 heteroatoms. The van der Waals surface area contributed by atoms with Gasteiger partial charge in [-0.1, -0.05) is 36.4 Å². The summed E-state index contributed by atoms with van der Waals surface area (Å²) in [6.45, 7) is 0.921. The van der Waals surface area contributed by atoms with Crippen molar-refractivity contribution in [2.45, 2.75) is 6.42 Å². The largest absolute Gasteiger partial charge is 0.465 e. The van der Waals surface area contributed by atoms with Crippen LogP contribution in [0.3, 0.4) is 0 Å². The van der Waals surface area contributed by atoms with Gasteiger partial charge in [-0.2, -0.15) is 0 Å². The number of amides is 1. The summed E-state index contributed by atoms with van der Waals surface area (Å²) in [4.78, 5) is 29.7. The molecule has 3 aromatic rings. The predicted octanol–water partition coefficient (Wildman–Crippen LogP) is 3.97. The Hall–Kier alpha value is -3.87. The second-order valence-corrected chi connectivity index (χ2v) is 6.88. The average Bonchev–Trinajstić information content (AvgIpc) is 2.77. The number of pyridine rings is 1. The van der Waals surface area contributed by atoms with Gasteiger partial charge < -0.3 is 21.1 Å². The standard InChI is InChI=1S/C23H24N4O3/c1-27(23(29)30)14-6-13-25-20-11-10-17(21-19(24)9-5-12-26-21)15-18(20)22(28)16-7-3-2-4-8-16/h2-5,7-12,15,25H,6,13-14,24H2,1H3,(H,29,30). The first kappa shape index (κ1) is 20.9. The van der Waals surface area contributed by atoms with Gasteiger partial charge in [-0.25, -0.2) is 4.79 Å². The Morgan fingerprint density at radius 3 is 2.57 bits per heavy atom. The molecule has 0 unspecified atom stereocenters. The molecule has 3 rings (SSSR count). The van der Waals surface area contributed by atoms with Crippen LogP contribution in [-0.4, -0.2) is 47.0 Å². The molecule has 0 aliphatic carbocycles. The SMILES string of the molecule is CN(CCCNc1ccc(-c2ncccc2N)cc1C(=O)c1ccccc1)C(=O)O. The van der Waals surface area contributed by atoms with E-state index in [2.05, 4.69) is 10.3 Å². The zero-order valence-corrected chi connectivity index (χ0v) is 16.7. The lowest BCUT2D eigenvalue weighted by Gasteiger charge is -2.16. The van der Waals surface area contributed by atoms with E-state index < -0.39 is 6.09 Å². The third kappa shape index (κ3) is 4.94. The molecule has 4 N–H and O–H groups in total. The first-order chi connectivity index (χ1) is 14.5. The fourth-order valence-electron chi connectivity index (χ4n) is 3.07. The molecule has 2 aromatic carbocycles. The number of aromatic nitrogens is 1. The van der Waals surface area contributed by atoms with Crippen molar-refractivity contribution in [2.24, 2.45) is 0 Å². The predicted molar refractivity (Wildman–Crippen MR) is 118 cm³/mol. The maximum atomic E-state index is 13.2. The zero-order valence-electron chi connectivity index (χ0n) is 16.7. The molecule has 0 radical (unpaired) electrons. The van der Waals surface area contributed by atoms with Crippen LogP contribution in [0.25, 0.3) is 11.3 Å². The molecule has 0 bridgehead atoms. The highest BCUT2D eigenvalue weighted by Gasteiger charge is 2.16. The normalized spacial score (nSPS) is 10.4. The minimum Gasteiger partial charge on any atom is -0.465 e. The number of nitrogens with zero attached hydrogens (tertiary/aromatic N) is 2. The summed E-state index contributed by atoms with van der Waals surface area (Å²) in [7, 11) is 1.53. The van der Waals surface area contributed by atoms with Crippen LogP contribution in [0.15, 0.2) is 66.9 Å². The van der Waals surface area contributed by atoms with Crippen molar-refractivity contribution in [1.29, 1.82) is 0 Å². The molecule has 0 spiro atoms. The molecule has 1 aromatic heterocycles. The Kier molecular flexibility index (Phi) is 6.64. The summed E-state index contributed by atoms with van der Waals surface area (Å²) in [6, 6.07) is 18.1. The molecular formula is C23H24N4O3. The van der Waals surface area contributed by atoms with Gasteiger partial charge in [-0.15, -0.1) is 0 Å². The van der Waals surface area contributed by atoms with Crippen molar-refractivity contribution < 1.29 is 14.7 Å². The van der Waals surface area contributed by atoms with E-state index in [1.807, 2.05) is 30.3 Å². The summed E-state index contributed by atoms with van der Waals surface area (Å²) in [6.07, 6.45) is 1.30. The molecule has 0 aliphatic rings. The highest BCUT2D eigenvalue weighted by Crippen LogP contribution is 2.29. The van der Waals surface area contributed by atoms with Gasteiger partial charge in [0.2, 0.25) is 0 Å². The van der Waals surface area contributed by atoms with Gasteiger partial charge in [-0.3, -0.25) is 9.78 Å². The Morgan fingerprint density at radius 2 is 1.87 bits per heavy atom. The number of hydrogen-bond donors (Lipinski definition) is 3. The van der Waals surface area contributed by atoms with Gasteiger partial charge in [-0.05, 0) is 30.7 Å². The fourth-order valence-corrected chi connectivity index (χ4v) is 3.07. The van der Waals surface area contributed by atoms with E-state index in [9.17, 15) is 9.59 Å². The molecule has 30 heavy (non-hydrogen) atoms. The Balaban J connectivity index is 1.88. The number of rotatable bonds is 8. The van der Waals surface area contributed by atoms with Crippen LogP contribution in [-0.2, 0) is 0 Å². The van der Waals surface area contributed by atoms with Crippen molar-refractivity contribution in [3.8, 4) is 11.3 Å². The van der Waals surface area contributed by atoms with E-state index in [1.165, 1.54) is 11.9 Å². The van der Waals surface area contributed by atoms with Gasteiger partial charge in [0.15, 0.2) is 5.78 Å². The maximum absolute atomic E-state index is 13.2. The number of benzene rings is 2. The van der Waals surface area contributed by atoms with Crippen LogP contribution in [0.2, 0.25) is 0 Å². The molecule has 0 saturated carbocycles. The second kappa shape index (κ2) is 9.56. The lowest BCUT2D eigenvalue weighted by molar-refractivity contribution is 0.103. The first-order valence-corrected chi connectivity index (χ1v) is 9.60. The first-order valence-electron chi connectivity index (χ1n) is 9.60. The molecule has 7 nitrogen and oxygen atoms in total. The third-order valence-electron chi connectivity index (χ3n) is 4.72. The van der Waals surface area contributed by atoms with E-state index in [0.29, 0.717) is 47.7 Å². The number of ketones is 1. The fraction of sp³-hybridized carbons (Fsp3) is 0.174. The second-order valence-electron chi connectivity index (χ2n) is 6.88. The Labute approximate surface area is 175 Å². The van der Waals surface area contributed by atoms with Crippen LogP contribution in [0.1, 0.15) is 22.3 Å². The molecule has 0 fully saturated rings. The summed E-state index contributed by atoms with van der Waals surface area (Å²) in [5.41, 5.74) is 9.74. The number of carbonyl (C=O) groups excluding carboxylic acids is 1. The number of hydrogen-bond acceptors (Lipinski definition) is 5. The van der Waals surface area contributed by atoms with Crippen LogP contribution < -0.4 is 11.1 Å². The lowest BCUT2D eigenvalue weighted by Crippen LogP contribution is -2.27. The van der Waals surface area contributed by atoms with Gasteiger partial charge in [0.1, 0.15) is 0 Å². The summed E-state index contributed by atoms with van der Waals surface area (Å²) in [5, 5.41) is 12.2. The minimum atomic E-state index is -0.966. The van der Waals surface area contributed by atoms with Crippen molar-refractivity contribution in [2.75, 3.05) is 31.2 Å². The average molecular weight is 404 g/mol. The van der Waals surface area contributed by atoms with Crippen LogP contribution in [0.4, 0.5) is 16.2 Å². The van der Waals surface area contributed by atoms with E-state index in [1.54, 1.807) is 36.5 Å². The quantitative estimate of drug-likeness (QED) is 0.387. The molecule has 1 heterocycles. The minimum absolute atomic E-state index is 0.114. The van der Waals surface area contributed by atoms with Gasteiger partial charge in [0, 0.05) is 48.7 Å². The van der Waals surface area contributed by atoms with Crippen LogP contribution in [0.5, 0.6) is 0 Å². The number of anilines is 2. The highest BCUT2D eigenvalue weighted by atomic mass is 16.4. The molecule has 154 valence electrons. The number of carboxylic acid groups (broad SMARTS) is 1. The molecular weight excluding hydrogens is 380 g/mol. The Morgan fingerprint density at radius 1 is 1.10 bits per heavy atom. The van der Waals surface area contributed by atoms with Crippen molar-refractivity contribution >= 4 is 23.3 Å².